The number of hydrogen-bond donors (Lipinski definition) is 0. The maximum Gasteiger partial charge on any atom is 0.305 e. The van der Waals surface area contributed by atoms with Crippen molar-refractivity contribution in [3.8, 4) is 0 Å². The Hall–Kier alpha value is -2.35. The van der Waals surface area contributed by atoms with E-state index in [1.165, 1.54) is 28.7 Å². The first-order chi connectivity index (χ1) is 9.76. The molecule has 0 heterocycles. The van der Waals surface area contributed by atoms with Gasteiger partial charge in [-0.05, 0) is 45.7 Å². The minimum Gasteiger partial charge on any atom is -0.469 e. The van der Waals surface area contributed by atoms with Crippen LogP contribution in [-0.2, 0) is 16.0 Å². The number of methoxy groups -OCH3 is 1. The Morgan fingerprint density at radius 1 is 0.900 bits per heavy atom. The molecule has 0 radical (unpaired) electrons. The first-order valence-corrected chi connectivity index (χ1v) is 6.74. The predicted molar refractivity (Wildman–Crippen MR) is 81.8 cm³/mol. The van der Waals surface area contributed by atoms with Gasteiger partial charge in [-0.1, -0.05) is 42.5 Å². The van der Waals surface area contributed by atoms with Crippen LogP contribution in [-0.4, -0.2) is 13.1 Å². The number of rotatable bonds is 3. The number of esters is 1. The molecular weight excluding hydrogens is 248 g/mol. The Labute approximate surface area is 118 Å². The molecule has 0 atom stereocenters. The third-order valence-corrected chi connectivity index (χ3v) is 3.61. The number of benzene rings is 3. The van der Waals surface area contributed by atoms with Crippen molar-refractivity contribution >= 4 is 27.5 Å². The molecule has 20 heavy (non-hydrogen) atoms. The molecule has 2 heteroatoms. The third kappa shape index (κ3) is 2.50. The Bertz CT molecular complexity index is 775. The average Bonchev–Trinajstić information content (AvgIpc) is 2.50. The summed E-state index contributed by atoms with van der Waals surface area (Å²) in [6, 6.07) is 19.1. The van der Waals surface area contributed by atoms with Crippen LogP contribution >= 0.6 is 0 Å². The number of aryl methyl sites for hydroxylation is 1. The van der Waals surface area contributed by atoms with Crippen molar-refractivity contribution in [2.45, 2.75) is 12.8 Å². The molecule has 0 aliphatic rings. The fourth-order valence-electron chi connectivity index (χ4n) is 2.49. The maximum absolute atomic E-state index is 11.2. The summed E-state index contributed by atoms with van der Waals surface area (Å²) in [5, 5.41) is 4.93. The minimum absolute atomic E-state index is 0.163. The first kappa shape index (κ1) is 12.7. The quantitative estimate of drug-likeness (QED) is 0.526. The SMILES string of the molecule is COC(=O)CCc1ccc2cc3ccccc3cc2c1. The van der Waals surface area contributed by atoms with Crippen LogP contribution < -0.4 is 0 Å². The second kappa shape index (κ2) is 5.33. The van der Waals surface area contributed by atoms with Crippen LogP contribution in [0.2, 0.25) is 0 Å². The lowest BCUT2D eigenvalue weighted by atomic mass is 10.00. The van der Waals surface area contributed by atoms with E-state index in [0.29, 0.717) is 6.42 Å². The van der Waals surface area contributed by atoms with Gasteiger partial charge in [0.25, 0.3) is 0 Å². The van der Waals surface area contributed by atoms with Gasteiger partial charge in [-0.25, -0.2) is 0 Å². The van der Waals surface area contributed by atoms with Crippen molar-refractivity contribution in [1.29, 1.82) is 0 Å². The molecule has 0 N–H and O–H groups in total. The van der Waals surface area contributed by atoms with Crippen LogP contribution in [0.1, 0.15) is 12.0 Å². The van der Waals surface area contributed by atoms with Crippen molar-refractivity contribution < 1.29 is 9.53 Å². The average molecular weight is 264 g/mol. The van der Waals surface area contributed by atoms with Crippen molar-refractivity contribution in [1.82, 2.24) is 0 Å². The Balaban J connectivity index is 1.97. The van der Waals surface area contributed by atoms with E-state index in [2.05, 4.69) is 59.3 Å². The van der Waals surface area contributed by atoms with Crippen LogP contribution in [0.15, 0.2) is 54.6 Å². The third-order valence-electron chi connectivity index (χ3n) is 3.61. The lowest BCUT2D eigenvalue weighted by molar-refractivity contribution is -0.140. The molecule has 0 spiro atoms. The van der Waals surface area contributed by atoms with Gasteiger partial charge in [-0.15, -0.1) is 0 Å². The molecule has 0 fully saturated rings. The molecule has 0 saturated heterocycles. The van der Waals surface area contributed by atoms with E-state index < -0.39 is 0 Å². The van der Waals surface area contributed by atoms with E-state index in [-0.39, 0.29) is 5.97 Å². The van der Waals surface area contributed by atoms with Gasteiger partial charge in [0, 0.05) is 6.42 Å². The highest BCUT2D eigenvalue weighted by Gasteiger charge is 2.03. The molecule has 0 amide bonds. The number of carbonyl (C=O) groups excluding carboxylic acids is 1. The standard InChI is InChI=1S/C18H16O2/c1-20-18(19)9-7-13-6-8-16-11-14-4-2-3-5-15(14)12-17(16)10-13/h2-6,8,10-12H,7,9H2,1H3. The molecule has 0 aromatic heterocycles. The molecule has 0 unspecified atom stereocenters. The summed E-state index contributed by atoms with van der Waals surface area (Å²) in [5.74, 6) is -0.163. The monoisotopic (exact) mass is 264 g/mol. The summed E-state index contributed by atoms with van der Waals surface area (Å²) in [4.78, 5) is 11.2. The van der Waals surface area contributed by atoms with Gasteiger partial charge in [0.05, 0.1) is 7.11 Å². The highest BCUT2D eigenvalue weighted by molar-refractivity contribution is 5.98. The highest BCUT2D eigenvalue weighted by Crippen LogP contribution is 2.24. The summed E-state index contributed by atoms with van der Waals surface area (Å²) in [6.45, 7) is 0. The number of fused-ring (bicyclic) bond motifs is 2. The van der Waals surface area contributed by atoms with Gasteiger partial charge in [0.15, 0.2) is 0 Å². The Morgan fingerprint density at radius 3 is 2.25 bits per heavy atom. The molecule has 3 aromatic carbocycles. The molecule has 3 rings (SSSR count). The maximum atomic E-state index is 11.2. The van der Waals surface area contributed by atoms with Gasteiger partial charge in [0.1, 0.15) is 0 Å². The van der Waals surface area contributed by atoms with Crippen LogP contribution in [0.5, 0.6) is 0 Å². The summed E-state index contributed by atoms with van der Waals surface area (Å²) < 4.78 is 4.68. The predicted octanol–water partition coefficient (Wildman–Crippen LogP) is 4.10. The van der Waals surface area contributed by atoms with Crippen molar-refractivity contribution in [2.24, 2.45) is 0 Å². The Kier molecular flexibility index (Phi) is 3.38. The zero-order valence-corrected chi connectivity index (χ0v) is 11.4. The van der Waals surface area contributed by atoms with Gasteiger partial charge in [0.2, 0.25) is 0 Å². The van der Waals surface area contributed by atoms with Crippen molar-refractivity contribution in [3.63, 3.8) is 0 Å². The summed E-state index contributed by atoms with van der Waals surface area (Å²) in [7, 11) is 1.43. The lowest BCUT2D eigenvalue weighted by Crippen LogP contribution is -2.01. The summed E-state index contributed by atoms with van der Waals surface area (Å²) >= 11 is 0. The molecule has 3 aromatic rings. The van der Waals surface area contributed by atoms with E-state index in [1.54, 1.807) is 0 Å². The summed E-state index contributed by atoms with van der Waals surface area (Å²) in [5.41, 5.74) is 1.16. The van der Waals surface area contributed by atoms with E-state index in [1.807, 2.05) is 0 Å². The molecular formula is C18H16O2. The minimum atomic E-state index is -0.163. The van der Waals surface area contributed by atoms with Crippen LogP contribution in [0.4, 0.5) is 0 Å². The van der Waals surface area contributed by atoms with Crippen LogP contribution in [0.25, 0.3) is 21.5 Å². The van der Waals surface area contributed by atoms with Gasteiger partial charge >= 0.3 is 5.97 Å². The molecule has 0 saturated carbocycles. The second-order valence-corrected chi connectivity index (χ2v) is 4.96. The van der Waals surface area contributed by atoms with Crippen molar-refractivity contribution in [3.05, 3.63) is 60.2 Å². The fourth-order valence-corrected chi connectivity index (χ4v) is 2.49. The smallest absolute Gasteiger partial charge is 0.305 e. The normalized spacial score (nSPS) is 10.8. The van der Waals surface area contributed by atoms with E-state index in [4.69, 9.17) is 0 Å². The van der Waals surface area contributed by atoms with E-state index in [0.717, 1.165) is 12.0 Å². The summed E-state index contributed by atoms with van der Waals surface area (Å²) in [6.07, 6.45) is 1.14. The molecule has 100 valence electrons. The first-order valence-electron chi connectivity index (χ1n) is 6.74. The van der Waals surface area contributed by atoms with E-state index in [9.17, 15) is 4.79 Å². The van der Waals surface area contributed by atoms with Gasteiger partial charge in [-0.2, -0.15) is 0 Å². The van der Waals surface area contributed by atoms with Gasteiger partial charge in [-0.3, -0.25) is 4.79 Å². The zero-order chi connectivity index (χ0) is 13.9. The highest BCUT2D eigenvalue weighted by atomic mass is 16.5. The fraction of sp³-hybridized carbons (Fsp3) is 0.167. The lowest BCUT2D eigenvalue weighted by Gasteiger charge is -2.05. The second-order valence-electron chi connectivity index (χ2n) is 4.96. The molecule has 0 bridgehead atoms. The number of ether oxygens (including phenoxy) is 1. The van der Waals surface area contributed by atoms with Crippen LogP contribution in [0.3, 0.4) is 0 Å². The number of carbonyl (C=O) groups is 1. The molecule has 0 aliphatic carbocycles. The number of hydrogen-bond acceptors (Lipinski definition) is 2. The largest absolute Gasteiger partial charge is 0.469 e. The Morgan fingerprint density at radius 2 is 1.55 bits per heavy atom. The topological polar surface area (TPSA) is 26.3 Å². The van der Waals surface area contributed by atoms with Crippen LogP contribution in [0, 0.1) is 0 Å². The molecule has 2 nitrogen and oxygen atoms in total. The van der Waals surface area contributed by atoms with E-state index >= 15 is 0 Å². The molecule has 0 aliphatic heterocycles. The van der Waals surface area contributed by atoms with Crippen molar-refractivity contribution in [2.75, 3.05) is 7.11 Å². The van der Waals surface area contributed by atoms with Gasteiger partial charge < -0.3 is 4.74 Å². The zero-order valence-electron chi connectivity index (χ0n) is 11.4.